The number of nitrogens with one attached hydrogen (secondary N) is 3. The van der Waals surface area contributed by atoms with Crippen molar-refractivity contribution in [1.82, 2.24) is 16.2 Å². The number of benzene rings is 1. The van der Waals surface area contributed by atoms with Crippen molar-refractivity contribution in [3.05, 3.63) is 53.5 Å². The Balaban J connectivity index is 1.36. The minimum absolute atomic E-state index is 0.214. The maximum Gasteiger partial charge on any atom is 0.122 e. The summed E-state index contributed by atoms with van der Waals surface area (Å²) in [5.74, 6) is 2.42. The molecule has 0 radical (unpaired) electrons. The summed E-state index contributed by atoms with van der Waals surface area (Å²) in [4.78, 5) is 2.42. The third-order valence-corrected chi connectivity index (χ3v) is 5.23. The Bertz CT molecular complexity index is 711. The van der Waals surface area contributed by atoms with E-state index in [1.807, 2.05) is 13.0 Å². The van der Waals surface area contributed by atoms with E-state index in [-0.39, 0.29) is 6.04 Å². The molecule has 6 nitrogen and oxygen atoms in total. The molecule has 3 N–H and O–H groups in total. The summed E-state index contributed by atoms with van der Waals surface area (Å²) in [5.41, 5.74) is 9.28. The number of morpholine rings is 1. The van der Waals surface area contributed by atoms with Crippen molar-refractivity contribution in [3.8, 4) is 0 Å². The fraction of sp³-hybridized carbons (Fsp3) is 0.500. The fourth-order valence-corrected chi connectivity index (χ4v) is 3.82. The average molecular weight is 356 g/mol. The monoisotopic (exact) mass is 356 g/mol. The number of ether oxygens (including phenoxy) is 1. The molecule has 0 amide bonds. The van der Waals surface area contributed by atoms with Crippen LogP contribution in [0, 0.1) is 12.8 Å². The third kappa shape index (κ3) is 3.94. The Kier molecular flexibility index (Phi) is 5.55. The lowest BCUT2D eigenvalue weighted by atomic mass is 10.00. The van der Waals surface area contributed by atoms with Gasteiger partial charge in [-0.1, -0.05) is 18.2 Å². The topological polar surface area (TPSA) is 61.7 Å². The van der Waals surface area contributed by atoms with E-state index >= 15 is 0 Å². The summed E-state index contributed by atoms with van der Waals surface area (Å²) in [6.07, 6.45) is 0. The minimum Gasteiger partial charge on any atom is -0.465 e. The first-order valence-corrected chi connectivity index (χ1v) is 9.47. The predicted octanol–water partition coefficient (Wildman–Crippen LogP) is 1.98. The van der Waals surface area contributed by atoms with Gasteiger partial charge in [0, 0.05) is 44.3 Å². The lowest BCUT2D eigenvalue weighted by Crippen LogP contribution is -2.37. The molecule has 140 valence electrons. The van der Waals surface area contributed by atoms with Gasteiger partial charge in [0.2, 0.25) is 0 Å². The van der Waals surface area contributed by atoms with Crippen molar-refractivity contribution >= 4 is 5.69 Å². The molecule has 2 aliphatic heterocycles. The van der Waals surface area contributed by atoms with Gasteiger partial charge in [-0.05, 0) is 30.7 Å². The van der Waals surface area contributed by atoms with Gasteiger partial charge >= 0.3 is 0 Å². The minimum atomic E-state index is 0.214. The standard InChI is InChI=1S/C20H28N4O2/c1-15-6-7-19(26-15)20-17(14-22-23-20)13-21-12-16-4-2-3-5-18(16)24-8-10-25-11-9-24/h2-7,17,20-23H,8-14H2,1H3. The van der Waals surface area contributed by atoms with Gasteiger partial charge in [-0.15, -0.1) is 0 Å². The number of hydrazine groups is 1. The Hall–Kier alpha value is -1.86. The van der Waals surface area contributed by atoms with Crippen LogP contribution in [0.5, 0.6) is 0 Å². The fourth-order valence-electron chi connectivity index (χ4n) is 3.82. The van der Waals surface area contributed by atoms with Crippen molar-refractivity contribution in [2.45, 2.75) is 19.5 Å². The average Bonchev–Trinajstić information content (AvgIpc) is 3.31. The van der Waals surface area contributed by atoms with Crippen molar-refractivity contribution in [2.24, 2.45) is 5.92 Å². The van der Waals surface area contributed by atoms with Gasteiger partial charge in [0.25, 0.3) is 0 Å². The molecule has 1 aromatic heterocycles. The molecule has 6 heteroatoms. The summed E-state index contributed by atoms with van der Waals surface area (Å²) in [6.45, 7) is 8.28. The van der Waals surface area contributed by atoms with E-state index < -0.39 is 0 Å². The van der Waals surface area contributed by atoms with Gasteiger partial charge in [0.1, 0.15) is 11.5 Å². The van der Waals surface area contributed by atoms with Gasteiger partial charge in [-0.3, -0.25) is 5.43 Å². The lowest BCUT2D eigenvalue weighted by Gasteiger charge is -2.30. The van der Waals surface area contributed by atoms with Crippen molar-refractivity contribution in [3.63, 3.8) is 0 Å². The number of anilines is 1. The number of furan rings is 1. The normalized spacial score (nSPS) is 23.5. The first-order valence-electron chi connectivity index (χ1n) is 9.47. The first kappa shape index (κ1) is 17.5. The zero-order valence-electron chi connectivity index (χ0n) is 15.3. The predicted molar refractivity (Wildman–Crippen MR) is 102 cm³/mol. The van der Waals surface area contributed by atoms with Gasteiger partial charge < -0.3 is 19.4 Å². The van der Waals surface area contributed by atoms with E-state index in [1.54, 1.807) is 0 Å². The molecule has 2 saturated heterocycles. The van der Waals surface area contributed by atoms with Crippen LogP contribution in [0.15, 0.2) is 40.8 Å². The highest BCUT2D eigenvalue weighted by atomic mass is 16.5. The van der Waals surface area contributed by atoms with E-state index in [9.17, 15) is 0 Å². The van der Waals surface area contributed by atoms with Crippen LogP contribution in [0.1, 0.15) is 23.1 Å². The number of hydrogen-bond donors (Lipinski definition) is 3. The van der Waals surface area contributed by atoms with Crippen LogP contribution in [-0.4, -0.2) is 39.4 Å². The molecule has 1 aromatic carbocycles. The second kappa shape index (κ2) is 8.22. The van der Waals surface area contributed by atoms with E-state index in [0.717, 1.165) is 57.5 Å². The number of para-hydroxylation sites is 1. The molecular formula is C20H28N4O2. The van der Waals surface area contributed by atoms with Crippen LogP contribution in [0.3, 0.4) is 0 Å². The zero-order chi connectivity index (χ0) is 17.8. The molecule has 2 aromatic rings. The molecule has 2 fully saturated rings. The molecule has 4 rings (SSSR count). The molecule has 2 unspecified atom stereocenters. The van der Waals surface area contributed by atoms with Gasteiger partial charge in [-0.2, -0.15) is 0 Å². The van der Waals surface area contributed by atoms with E-state index in [4.69, 9.17) is 9.15 Å². The molecule has 0 bridgehead atoms. The maximum absolute atomic E-state index is 5.81. The quantitative estimate of drug-likeness (QED) is 0.736. The molecule has 3 heterocycles. The molecule has 26 heavy (non-hydrogen) atoms. The summed E-state index contributed by atoms with van der Waals surface area (Å²) in [6, 6.07) is 13.0. The summed E-state index contributed by atoms with van der Waals surface area (Å²) in [5, 5.41) is 3.65. The van der Waals surface area contributed by atoms with Crippen LogP contribution in [0.4, 0.5) is 5.69 Å². The molecule has 0 aliphatic carbocycles. The van der Waals surface area contributed by atoms with Crippen molar-refractivity contribution < 1.29 is 9.15 Å². The summed E-state index contributed by atoms with van der Waals surface area (Å²) in [7, 11) is 0. The van der Waals surface area contributed by atoms with E-state index in [2.05, 4.69) is 51.4 Å². The molecule has 2 atom stereocenters. The number of aryl methyl sites for hydroxylation is 1. The second-order valence-electron chi connectivity index (χ2n) is 7.07. The highest BCUT2D eigenvalue weighted by molar-refractivity contribution is 5.53. The summed E-state index contributed by atoms with van der Waals surface area (Å²) < 4.78 is 11.3. The second-order valence-corrected chi connectivity index (χ2v) is 7.07. The highest BCUT2D eigenvalue weighted by Crippen LogP contribution is 2.26. The number of nitrogens with zero attached hydrogens (tertiary/aromatic N) is 1. The van der Waals surface area contributed by atoms with Gasteiger partial charge in [0.15, 0.2) is 0 Å². The van der Waals surface area contributed by atoms with E-state index in [0.29, 0.717) is 5.92 Å². The molecule has 0 spiro atoms. The Morgan fingerprint density at radius 3 is 2.81 bits per heavy atom. The van der Waals surface area contributed by atoms with Crippen molar-refractivity contribution in [2.75, 3.05) is 44.3 Å². The zero-order valence-corrected chi connectivity index (χ0v) is 15.3. The molecule has 2 aliphatic rings. The molecule has 0 saturated carbocycles. The number of hydrogen-bond acceptors (Lipinski definition) is 6. The SMILES string of the molecule is Cc1ccc(C2NNCC2CNCc2ccccc2N2CCOCC2)o1. The van der Waals surface area contributed by atoms with Crippen molar-refractivity contribution in [1.29, 1.82) is 0 Å². The lowest BCUT2D eigenvalue weighted by molar-refractivity contribution is 0.122. The van der Waals surface area contributed by atoms with Crippen LogP contribution in [-0.2, 0) is 11.3 Å². The Morgan fingerprint density at radius 1 is 1.15 bits per heavy atom. The van der Waals surface area contributed by atoms with Gasteiger partial charge in [0.05, 0.1) is 19.3 Å². The first-order chi connectivity index (χ1) is 12.8. The Labute approximate surface area is 154 Å². The van der Waals surface area contributed by atoms with Crippen LogP contribution in [0.2, 0.25) is 0 Å². The van der Waals surface area contributed by atoms with Crippen LogP contribution in [0.25, 0.3) is 0 Å². The van der Waals surface area contributed by atoms with Gasteiger partial charge in [-0.25, -0.2) is 5.43 Å². The smallest absolute Gasteiger partial charge is 0.122 e. The third-order valence-electron chi connectivity index (χ3n) is 5.23. The summed E-state index contributed by atoms with van der Waals surface area (Å²) >= 11 is 0. The largest absolute Gasteiger partial charge is 0.465 e. The molecular weight excluding hydrogens is 328 g/mol. The van der Waals surface area contributed by atoms with Crippen LogP contribution < -0.4 is 21.1 Å². The highest BCUT2D eigenvalue weighted by Gasteiger charge is 2.30. The Morgan fingerprint density at radius 2 is 2.00 bits per heavy atom. The maximum atomic E-state index is 5.81. The van der Waals surface area contributed by atoms with E-state index in [1.165, 1.54) is 11.3 Å². The number of rotatable bonds is 6. The van der Waals surface area contributed by atoms with Crippen LogP contribution >= 0.6 is 0 Å².